The highest BCUT2D eigenvalue weighted by molar-refractivity contribution is 14.0. The van der Waals surface area contributed by atoms with E-state index in [1.54, 1.807) is 19.2 Å². The number of ether oxygens (including phenoxy) is 3. The number of hydrogen-bond acceptors (Lipinski definition) is 5. The molecule has 0 aliphatic carbocycles. The predicted octanol–water partition coefficient (Wildman–Crippen LogP) is 2.43. The third-order valence-corrected chi connectivity index (χ3v) is 5.54. The molecule has 7 nitrogen and oxygen atoms in total. The Bertz CT molecular complexity index is 655. The van der Waals surface area contributed by atoms with Crippen molar-refractivity contribution in [1.82, 2.24) is 15.5 Å². The van der Waals surface area contributed by atoms with Crippen molar-refractivity contribution in [2.45, 2.75) is 18.9 Å². The van der Waals surface area contributed by atoms with Gasteiger partial charge in [0.15, 0.2) is 5.96 Å². The van der Waals surface area contributed by atoms with Gasteiger partial charge in [-0.3, -0.25) is 9.89 Å². The summed E-state index contributed by atoms with van der Waals surface area (Å²) in [4.78, 5) is 6.65. The van der Waals surface area contributed by atoms with E-state index in [1.807, 2.05) is 6.07 Å². The van der Waals surface area contributed by atoms with Gasteiger partial charge in [-0.05, 0) is 30.5 Å². The van der Waals surface area contributed by atoms with Crippen molar-refractivity contribution in [3.8, 4) is 0 Å². The zero-order valence-corrected chi connectivity index (χ0v) is 20.7. The van der Waals surface area contributed by atoms with Crippen LogP contribution in [0.15, 0.2) is 29.3 Å². The van der Waals surface area contributed by atoms with E-state index in [9.17, 15) is 4.39 Å². The highest BCUT2D eigenvalue weighted by Gasteiger charge is 2.23. The molecular weight excluding hydrogens is 514 g/mol. The van der Waals surface area contributed by atoms with E-state index in [-0.39, 0.29) is 35.8 Å². The monoisotopic (exact) mass is 550 g/mol. The smallest absolute Gasteiger partial charge is 0.191 e. The van der Waals surface area contributed by atoms with Gasteiger partial charge in [0.25, 0.3) is 0 Å². The second kappa shape index (κ2) is 14.9. The minimum Gasteiger partial charge on any atom is -0.381 e. The Balaban J connectivity index is 0.00000341. The summed E-state index contributed by atoms with van der Waals surface area (Å²) in [5, 5.41) is 6.73. The number of guanidine groups is 1. The highest BCUT2D eigenvalue weighted by atomic mass is 127. The molecular formula is C22H36FIN4O3. The highest BCUT2D eigenvalue weighted by Crippen LogP contribution is 2.22. The van der Waals surface area contributed by atoms with Crippen LogP contribution in [-0.2, 0) is 14.2 Å². The Morgan fingerprint density at radius 1 is 1.26 bits per heavy atom. The quantitative estimate of drug-likeness (QED) is 0.202. The molecule has 31 heavy (non-hydrogen) atoms. The second-order valence-electron chi connectivity index (χ2n) is 7.76. The molecule has 2 atom stereocenters. The van der Waals surface area contributed by atoms with Crippen LogP contribution in [-0.4, -0.2) is 83.7 Å². The van der Waals surface area contributed by atoms with Crippen molar-refractivity contribution in [3.05, 3.63) is 35.6 Å². The molecule has 2 heterocycles. The fourth-order valence-electron chi connectivity index (χ4n) is 3.82. The van der Waals surface area contributed by atoms with E-state index in [2.05, 4.69) is 20.5 Å². The number of halogens is 2. The minimum absolute atomic E-state index is 0. The van der Waals surface area contributed by atoms with Crippen LogP contribution >= 0.6 is 24.0 Å². The van der Waals surface area contributed by atoms with Crippen LogP contribution in [0.1, 0.15) is 24.4 Å². The lowest BCUT2D eigenvalue weighted by molar-refractivity contribution is 0.0169. The number of morpholine rings is 1. The van der Waals surface area contributed by atoms with E-state index >= 15 is 0 Å². The zero-order chi connectivity index (χ0) is 21.0. The maximum Gasteiger partial charge on any atom is 0.191 e. The van der Waals surface area contributed by atoms with E-state index < -0.39 is 0 Å². The Hall–Kier alpha value is -1.01. The fourth-order valence-corrected chi connectivity index (χ4v) is 3.82. The summed E-state index contributed by atoms with van der Waals surface area (Å²) in [6.07, 6.45) is 2.01. The first-order valence-electron chi connectivity index (χ1n) is 10.9. The van der Waals surface area contributed by atoms with Gasteiger partial charge in [0.1, 0.15) is 5.82 Å². The first-order valence-corrected chi connectivity index (χ1v) is 10.9. The topological polar surface area (TPSA) is 67.4 Å². The van der Waals surface area contributed by atoms with E-state index in [0.29, 0.717) is 25.7 Å². The van der Waals surface area contributed by atoms with Crippen molar-refractivity contribution >= 4 is 29.9 Å². The number of benzene rings is 1. The molecule has 2 aliphatic heterocycles. The molecule has 0 spiro atoms. The van der Waals surface area contributed by atoms with Gasteiger partial charge in [-0.1, -0.05) is 12.1 Å². The zero-order valence-electron chi connectivity index (χ0n) is 18.4. The van der Waals surface area contributed by atoms with Crippen LogP contribution in [0, 0.1) is 11.7 Å². The van der Waals surface area contributed by atoms with Crippen LogP contribution in [0.25, 0.3) is 0 Å². The van der Waals surface area contributed by atoms with Crippen molar-refractivity contribution in [2.75, 3.05) is 72.9 Å². The number of aliphatic imine (C=N–C) groups is 1. The number of nitrogens with zero attached hydrogens (tertiary/aromatic N) is 2. The standard InChI is InChI=1S/C22H35FN4O3.HI/c1-24-22(25-7-3-10-29-16-18-6-11-30-17-18)26-15-21(27-8-12-28-13-9-27)19-4-2-5-20(23)14-19;/h2,4-5,14,18,21H,3,6-13,15-17H2,1H3,(H2,24,25,26);1H. The third-order valence-electron chi connectivity index (χ3n) is 5.54. The van der Waals surface area contributed by atoms with Crippen LogP contribution < -0.4 is 10.6 Å². The molecule has 1 aromatic carbocycles. The molecule has 2 unspecified atom stereocenters. The summed E-state index contributed by atoms with van der Waals surface area (Å²) in [5.41, 5.74) is 0.962. The van der Waals surface area contributed by atoms with Crippen molar-refractivity contribution in [1.29, 1.82) is 0 Å². The number of rotatable bonds is 10. The Labute approximate surface area is 202 Å². The summed E-state index contributed by atoms with van der Waals surface area (Å²) in [5.74, 6) is 1.08. The van der Waals surface area contributed by atoms with Gasteiger partial charge < -0.3 is 24.8 Å². The van der Waals surface area contributed by atoms with Gasteiger partial charge in [-0.2, -0.15) is 0 Å². The lowest BCUT2D eigenvalue weighted by Gasteiger charge is -2.35. The van der Waals surface area contributed by atoms with Gasteiger partial charge in [0.05, 0.1) is 32.5 Å². The summed E-state index contributed by atoms with van der Waals surface area (Å²) < 4.78 is 30.4. The molecule has 2 fully saturated rings. The third kappa shape index (κ3) is 9.17. The van der Waals surface area contributed by atoms with Gasteiger partial charge >= 0.3 is 0 Å². The molecule has 9 heteroatoms. The molecule has 0 aromatic heterocycles. The van der Waals surface area contributed by atoms with Crippen molar-refractivity contribution in [2.24, 2.45) is 10.9 Å². The largest absolute Gasteiger partial charge is 0.381 e. The SMILES string of the molecule is CN=C(NCCCOCC1CCOC1)NCC(c1cccc(F)c1)N1CCOCC1.I. The van der Waals surface area contributed by atoms with Crippen LogP contribution in [0.3, 0.4) is 0 Å². The summed E-state index contributed by atoms with van der Waals surface area (Å²) in [6.45, 7) is 7.67. The summed E-state index contributed by atoms with van der Waals surface area (Å²) in [6, 6.07) is 6.90. The average Bonchev–Trinajstić information content (AvgIpc) is 3.29. The van der Waals surface area contributed by atoms with Crippen LogP contribution in [0.5, 0.6) is 0 Å². The van der Waals surface area contributed by atoms with Gasteiger partial charge in [-0.15, -0.1) is 24.0 Å². The van der Waals surface area contributed by atoms with E-state index in [4.69, 9.17) is 14.2 Å². The first kappa shape index (κ1) is 26.2. The van der Waals surface area contributed by atoms with E-state index in [0.717, 1.165) is 70.4 Å². The first-order chi connectivity index (χ1) is 14.8. The molecule has 2 aliphatic rings. The predicted molar refractivity (Wildman–Crippen MR) is 131 cm³/mol. The average molecular weight is 550 g/mol. The van der Waals surface area contributed by atoms with Gasteiger partial charge in [-0.25, -0.2) is 4.39 Å². The number of hydrogen-bond donors (Lipinski definition) is 2. The number of nitrogens with one attached hydrogen (secondary N) is 2. The summed E-state index contributed by atoms with van der Waals surface area (Å²) in [7, 11) is 1.76. The normalized spacial score (nSPS) is 20.8. The minimum atomic E-state index is -0.211. The van der Waals surface area contributed by atoms with E-state index in [1.165, 1.54) is 6.07 Å². The molecule has 0 amide bonds. The molecule has 0 radical (unpaired) electrons. The second-order valence-corrected chi connectivity index (χ2v) is 7.76. The molecule has 2 saturated heterocycles. The fraction of sp³-hybridized carbons (Fsp3) is 0.682. The lowest BCUT2D eigenvalue weighted by atomic mass is 10.0. The lowest BCUT2D eigenvalue weighted by Crippen LogP contribution is -2.46. The molecule has 0 saturated carbocycles. The molecule has 2 N–H and O–H groups in total. The summed E-state index contributed by atoms with van der Waals surface area (Å²) >= 11 is 0. The maximum atomic E-state index is 13.8. The van der Waals surface area contributed by atoms with Gasteiger partial charge in [0.2, 0.25) is 0 Å². The Morgan fingerprint density at radius 2 is 2.10 bits per heavy atom. The maximum absolute atomic E-state index is 13.8. The Kier molecular flexibility index (Phi) is 12.6. The van der Waals surface area contributed by atoms with Crippen LogP contribution in [0.2, 0.25) is 0 Å². The molecule has 1 aromatic rings. The van der Waals surface area contributed by atoms with Crippen LogP contribution in [0.4, 0.5) is 4.39 Å². The molecule has 176 valence electrons. The van der Waals surface area contributed by atoms with Gasteiger partial charge in [0, 0.05) is 52.4 Å². The van der Waals surface area contributed by atoms with Crippen molar-refractivity contribution in [3.63, 3.8) is 0 Å². The Morgan fingerprint density at radius 3 is 2.81 bits per heavy atom. The molecule has 0 bridgehead atoms. The molecule has 3 rings (SSSR count). The van der Waals surface area contributed by atoms with Crippen molar-refractivity contribution < 1.29 is 18.6 Å².